The molecule has 4 heteroatoms. The Morgan fingerprint density at radius 2 is 1.13 bits per heavy atom. The molecule has 0 unspecified atom stereocenters. The Morgan fingerprint density at radius 3 is 1.87 bits per heavy atom. The SMILES string of the molecule is c1ccc(-c2nc(-c3ccccc3)nc(-n3c4ccccc4c4c5c(ccc43)Cc3ccccc3-5)n2)cc1. The number of rotatable bonds is 3. The van der Waals surface area contributed by atoms with Gasteiger partial charge in [-0.3, -0.25) is 4.57 Å². The van der Waals surface area contributed by atoms with Crippen LogP contribution in [0.15, 0.2) is 121 Å². The van der Waals surface area contributed by atoms with Gasteiger partial charge < -0.3 is 0 Å². The number of fused-ring (bicyclic) bond motifs is 7. The van der Waals surface area contributed by atoms with E-state index < -0.39 is 0 Å². The van der Waals surface area contributed by atoms with Crippen LogP contribution in [0.5, 0.6) is 0 Å². The van der Waals surface area contributed by atoms with E-state index >= 15 is 0 Å². The number of hydrogen-bond acceptors (Lipinski definition) is 3. The van der Waals surface area contributed by atoms with E-state index in [9.17, 15) is 0 Å². The van der Waals surface area contributed by atoms with Gasteiger partial charge in [0.2, 0.25) is 5.95 Å². The van der Waals surface area contributed by atoms with Crippen LogP contribution in [0.1, 0.15) is 11.1 Å². The normalized spacial score (nSPS) is 12.1. The molecule has 0 aliphatic heterocycles. The van der Waals surface area contributed by atoms with Gasteiger partial charge in [0.25, 0.3) is 0 Å². The second-order valence-corrected chi connectivity index (χ2v) is 9.69. The van der Waals surface area contributed by atoms with E-state index in [2.05, 4.69) is 65.2 Å². The molecular weight excluding hydrogens is 464 g/mol. The fourth-order valence-corrected chi connectivity index (χ4v) is 5.79. The highest BCUT2D eigenvalue weighted by Gasteiger charge is 2.25. The lowest BCUT2D eigenvalue weighted by Crippen LogP contribution is -2.06. The van der Waals surface area contributed by atoms with Gasteiger partial charge >= 0.3 is 0 Å². The van der Waals surface area contributed by atoms with Crippen molar-refractivity contribution in [2.24, 2.45) is 0 Å². The summed E-state index contributed by atoms with van der Waals surface area (Å²) in [4.78, 5) is 15.0. The molecule has 178 valence electrons. The molecule has 0 bridgehead atoms. The average molecular weight is 487 g/mol. The lowest BCUT2D eigenvalue weighted by Gasteiger charge is -2.11. The fourth-order valence-electron chi connectivity index (χ4n) is 5.79. The van der Waals surface area contributed by atoms with Crippen molar-refractivity contribution in [3.05, 3.63) is 132 Å². The molecule has 0 N–H and O–H groups in total. The zero-order valence-corrected chi connectivity index (χ0v) is 20.5. The first kappa shape index (κ1) is 21.0. The minimum absolute atomic E-state index is 0.620. The van der Waals surface area contributed by atoms with Crippen molar-refractivity contribution < 1.29 is 0 Å². The Kier molecular flexibility index (Phi) is 4.55. The van der Waals surface area contributed by atoms with E-state index in [4.69, 9.17) is 15.0 Å². The Morgan fingerprint density at radius 1 is 0.500 bits per heavy atom. The highest BCUT2D eigenvalue weighted by atomic mass is 15.2. The number of nitrogens with zero attached hydrogens (tertiary/aromatic N) is 4. The minimum atomic E-state index is 0.620. The summed E-state index contributed by atoms with van der Waals surface area (Å²) in [5, 5.41) is 2.46. The summed E-state index contributed by atoms with van der Waals surface area (Å²) < 4.78 is 2.20. The van der Waals surface area contributed by atoms with E-state index in [0.717, 1.165) is 28.6 Å². The first-order valence-corrected chi connectivity index (χ1v) is 12.9. The summed E-state index contributed by atoms with van der Waals surface area (Å²) in [6, 6.07) is 42.1. The van der Waals surface area contributed by atoms with Crippen LogP contribution >= 0.6 is 0 Å². The highest BCUT2D eigenvalue weighted by Crippen LogP contribution is 2.45. The summed E-state index contributed by atoms with van der Waals surface area (Å²) in [6.07, 6.45) is 0.961. The molecule has 8 rings (SSSR count). The third-order valence-electron chi connectivity index (χ3n) is 7.48. The van der Waals surface area contributed by atoms with Crippen molar-refractivity contribution in [2.45, 2.75) is 6.42 Å². The summed E-state index contributed by atoms with van der Waals surface area (Å²) in [7, 11) is 0. The van der Waals surface area contributed by atoms with Crippen LogP contribution in [-0.4, -0.2) is 19.5 Å². The van der Waals surface area contributed by atoms with Crippen LogP contribution in [0.3, 0.4) is 0 Å². The monoisotopic (exact) mass is 486 g/mol. The van der Waals surface area contributed by atoms with Gasteiger partial charge in [0.15, 0.2) is 11.6 Å². The van der Waals surface area contributed by atoms with Crippen molar-refractivity contribution in [3.8, 4) is 39.9 Å². The summed E-state index contributed by atoms with van der Waals surface area (Å²) >= 11 is 0. The molecule has 0 amide bonds. The second kappa shape index (κ2) is 8.22. The van der Waals surface area contributed by atoms with Crippen LogP contribution in [0, 0.1) is 0 Å². The van der Waals surface area contributed by atoms with E-state index in [0.29, 0.717) is 17.6 Å². The van der Waals surface area contributed by atoms with E-state index in [1.165, 1.54) is 33.0 Å². The maximum atomic E-state index is 5.05. The Bertz CT molecular complexity index is 1930. The molecule has 0 fully saturated rings. The molecule has 1 aliphatic rings. The summed E-state index contributed by atoms with van der Waals surface area (Å²) in [5.41, 5.74) is 9.51. The number of aromatic nitrogens is 4. The van der Waals surface area contributed by atoms with Gasteiger partial charge in [-0.1, -0.05) is 109 Å². The standard InChI is InChI=1S/C34H22N4/c1-3-11-22(12-4-1)32-35-33(23-13-5-2-6-14-23)37-34(36-32)38-28-18-10-9-17-27(28)31-29(38)20-19-25-21-24-15-7-8-16-26(24)30(25)31/h1-20H,21H2. The van der Waals surface area contributed by atoms with Gasteiger partial charge in [-0.25, -0.2) is 4.98 Å². The predicted molar refractivity (Wildman–Crippen MR) is 153 cm³/mol. The summed E-state index contributed by atoms with van der Waals surface area (Å²) in [5.74, 6) is 1.94. The lowest BCUT2D eigenvalue weighted by atomic mass is 9.99. The van der Waals surface area contributed by atoms with Crippen LogP contribution in [0.25, 0.3) is 61.7 Å². The molecule has 0 saturated carbocycles. The number of para-hydroxylation sites is 1. The molecule has 7 aromatic rings. The molecule has 0 saturated heterocycles. The Balaban J connectivity index is 1.47. The molecule has 0 spiro atoms. The van der Waals surface area contributed by atoms with E-state index in [-0.39, 0.29) is 0 Å². The van der Waals surface area contributed by atoms with Gasteiger partial charge in [-0.2, -0.15) is 9.97 Å². The third kappa shape index (κ3) is 3.14. The quantitative estimate of drug-likeness (QED) is 0.255. The minimum Gasteiger partial charge on any atom is -0.278 e. The first-order chi connectivity index (χ1) is 18.8. The largest absolute Gasteiger partial charge is 0.278 e. The molecule has 0 atom stereocenters. The topological polar surface area (TPSA) is 43.6 Å². The number of benzene rings is 5. The second-order valence-electron chi connectivity index (χ2n) is 9.69. The van der Waals surface area contributed by atoms with Gasteiger partial charge in [0.1, 0.15) is 0 Å². The highest BCUT2D eigenvalue weighted by molar-refractivity contribution is 6.17. The molecule has 38 heavy (non-hydrogen) atoms. The molecule has 5 aromatic carbocycles. The molecule has 1 aliphatic carbocycles. The first-order valence-electron chi connectivity index (χ1n) is 12.9. The molecular formula is C34H22N4. The van der Waals surface area contributed by atoms with Crippen LogP contribution < -0.4 is 0 Å². The van der Waals surface area contributed by atoms with E-state index in [1.54, 1.807) is 0 Å². The number of hydrogen-bond donors (Lipinski definition) is 0. The van der Waals surface area contributed by atoms with Gasteiger partial charge in [0, 0.05) is 21.9 Å². The maximum Gasteiger partial charge on any atom is 0.238 e. The van der Waals surface area contributed by atoms with Crippen molar-refractivity contribution >= 4 is 21.8 Å². The molecule has 2 aromatic heterocycles. The zero-order chi connectivity index (χ0) is 25.1. The molecule has 2 heterocycles. The third-order valence-corrected chi connectivity index (χ3v) is 7.48. The smallest absolute Gasteiger partial charge is 0.238 e. The summed E-state index contributed by atoms with van der Waals surface area (Å²) in [6.45, 7) is 0. The van der Waals surface area contributed by atoms with Gasteiger partial charge in [-0.15, -0.1) is 0 Å². The van der Waals surface area contributed by atoms with Gasteiger partial charge in [0.05, 0.1) is 11.0 Å². The van der Waals surface area contributed by atoms with Crippen molar-refractivity contribution in [1.82, 2.24) is 19.5 Å². The maximum absolute atomic E-state index is 5.05. The zero-order valence-electron chi connectivity index (χ0n) is 20.5. The van der Waals surface area contributed by atoms with Crippen LogP contribution in [0.2, 0.25) is 0 Å². The Labute approximate surface area is 219 Å². The predicted octanol–water partition coefficient (Wildman–Crippen LogP) is 7.87. The average Bonchev–Trinajstić information content (AvgIpc) is 3.53. The van der Waals surface area contributed by atoms with Crippen molar-refractivity contribution in [2.75, 3.05) is 0 Å². The van der Waals surface area contributed by atoms with Crippen molar-refractivity contribution in [1.29, 1.82) is 0 Å². The van der Waals surface area contributed by atoms with Crippen molar-refractivity contribution in [3.63, 3.8) is 0 Å². The van der Waals surface area contributed by atoms with Gasteiger partial charge in [-0.05, 0) is 40.8 Å². The fraction of sp³-hybridized carbons (Fsp3) is 0.0294. The molecule has 4 nitrogen and oxygen atoms in total. The van der Waals surface area contributed by atoms with Crippen LogP contribution in [0.4, 0.5) is 0 Å². The lowest BCUT2D eigenvalue weighted by molar-refractivity contribution is 0.953. The molecule has 0 radical (unpaired) electrons. The van der Waals surface area contributed by atoms with E-state index in [1.807, 2.05) is 60.7 Å². The van der Waals surface area contributed by atoms with Crippen LogP contribution in [-0.2, 0) is 6.42 Å². The Hall–Kier alpha value is -5.09.